The van der Waals surface area contributed by atoms with Crippen LogP contribution in [-0.2, 0) is 4.79 Å². The molecule has 5 nitrogen and oxygen atoms in total. The summed E-state index contributed by atoms with van der Waals surface area (Å²) in [5, 5.41) is 6.33. The summed E-state index contributed by atoms with van der Waals surface area (Å²) < 4.78 is 0. The third kappa shape index (κ3) is 5.93. The second kappa shape index (κ2) is 8.93. The van der Waals surface area contributed by atoms with Crippen molar-refractivity contribution in [3.63, 3.8) is 0 Å². The average Bonchev–Trinajstić information content (AvgIpc) is 2.81. The molecule has 1 aliphatic carbocycles. The Morgan fingerprint density at radius 2 is 1.95 bits per heavy atom. The molecule has 22 heavy (non-hydrogen) atoms. The summed E-state index contributed by atoms with van der Waals surface area (Å²) in [4.78, 5) is 18.6. The van der Waals surface area contributed by atoms with E-state index in [0.29, 0.717) is 18.0 Å². The zero-order chi connectivity index (χ0) is 15.3. The highest BCUT2D eigenvalue weighted by Gasteiger charge is 2.31. The summed E-state index contributed by atoms with van der Waals surface area (Å²) >= 11 is 0. The van der Waals surface area contributed by atoms with E-state index in [-0.39, 0.29) is 29.9 Å². The lowest BCUT2D eigenvalue weighted by Gasteiger charge is -2.25. The molecular formula is C16H31IN4O. The lowest BCUT2D eigenvalue weighted by molar-refractivity contribution is -0.120. The van der Waals surface area contributed by atoms with Gasteiger partial charge in [-0.1, -0.05) is 33.1 Å². The summed E-state index contributed by atoms with van der Waals surface area (Å²) in [6, 6.07) is 0.376. The molecule has 1 saturated heterocycles. The van der Waals surface area contributed by atoms with Crippen molar-refractivity contribution in [2.24, 2.45) is 10.4 Å². The van der Waals surface area contributed by atoms with Gasteiger partial charge in [-0.25, -0.2) is 0 Å². The van der Waals surface area contributed by atoms with E-state index in [0.717, 1.165) is 31.9 Å². The van der Waals surface area contributed by atoms with Crippen molar-refractivity contribution in [1.29, 1.82) is 0 Å². The number of likely N-dealkylation sites (tertiary alicyclic amines) is 1. The zero-order valence-corrected chi connectivity index (χ0v) is 16.5. The first-order valence-corrected chi connectivity index (χ1v) is 8.25. The maximum Gasteiger partial charge on any atom is 0.239 e. The lowest BCUT2D eigenvalue weighted by Crippen LogP contribution is -2.47. The molecule has 0 spiro atoms. The Morgan fingerprint density at radius 3 is 2.50 bits per heavy atom. The van der Waals surface area contributed by atoms with E-state index >= 15 is 0 Å². The Kier molecular flexibility index (Phi) is 7.93. The predicted molar refractivity (Wildman–Crippen MR) is 102 cm³/mol. The molecule has 0 bridgehead atoms. The van der Waals surface area contributed by atoms with Crippen LogP contribution in [0.25, 0.3) is 0 Å². The number of hydrogen-bond acceptors (Lipinski definition) is 2. The van der Waals surface area contributed by atoms with Gasteiger partial charge in [0.05, 0.1) is 6.54 Å². The van der Waals surface area contributed by atoms with Gasteiger partial charge in [0.25, 0.3) is 0 Å². The molecule has 0 radical (unpaired) electrons. The van der Waals surface area contributed by atoms with E-state index < -0.39 is 0 Å². The zero-order valence-electron chi connectivity index (χ0n) is 14.2. The van der Waals surface area contributed by atoms with E-state index in [1.807, 2.05) is 0 Å². The first-order valence-electron chi connectivity index (χ1n) is 8.25. The quantitative estimate of drug-likeness (QED) is 0.417. The molecule has 0 aromatic heterocycles. The topological polar surface area (TPSA) is 56.7 Å². The molecule has 1 amide bonds. The van der Waals surface area contributed by atoms with E-state index in [9.17, 15) is 4.79 Å². The van der Waals surface area contributed by atoms with Crippen LogP contribution in [-0.4, -0.2) is 49.5 Å². The lowest BCUT2D eigenvalue weighted by atomic mass is 9.93. The summed E-state index contributed by atoms with van der Waals surface area (Å²) in [6.07, 6.45) is 7.21. The highest BCUT2D eigenvalue weighted by Crippen LogP contribution is 2.28. The van der Waals surface area contributed by atoms with Crippen molar-refractivity contribution in [1.82, 2.24) is 15.5 Å². The molecule has 2 aliphatic rings. The van der Waals surface area contributed by atoms with E-state index in [1.54, 1.807) is 7.05 Å². The van der Waals surface area contributed by atoms with Gasteiger partial charge in [0, 0.05) is 26.2 Å². The fourth-order valence-electron chi connectivity index (χ4n) is 3.31. The number of hydrogen-bond donors (Lipinski definition) is 2. The number of guanidine groups is 1. The molecule has 6 heteroatoms. The normalized spacial score (nSPS) is 22.1. The summed E-state index contributed by atoms with van der Waals surface area (Å²) in [5.74, 6) is 0.931. The Balaban J connectivity index is 0.00000242. The minimum Gasteiger partial charge on any atom is -0.352 e. The summed E-state index contributed by atoms with van der Waals surface area (Å²) in [7, 11) is 1.78. The summed E-state index contributed by atoms with van der Waals surface area (Å²) in [5.41, 5.74) is 0.335. The SMILES string of the molecule is CN=C(NCC(=O)NC1CCCCC1)N1CCC(C)(C)C1.I. The van der Waals surface area contributed by atoms with Crippen molar-refractivity contribution >= 4 is 35.8 Å². The maximum absolute atomic E-state index is 12.0. The molecule has 128 valence electrons. The van der Waals surface area contributed by atoms with Crippen LogP contribution in [0.5, 0.6) is 0 Å². The van der Waals surface area contributed by atoms with Gasteiger partial charge in [-0.3, -0.25) is 9.79 Å². The van der Waals surface area contributed by atoms with Gasteiger partial charge in [0.15, 0.2) is 5.96 Å². The van der Waals surface area contributed by atoms with Crippen molar-refractivity contribution in [2.45, 2.75) is 58.4 Å². The number of carbonyl (C=O) groups is 1. The van der Waals surface area contributed by atoms with Gasteiger partial charge in [0.2, 0.25) is 5.91 Å². The van der Waals surface area contributed by atoms with Gasteiger partial charge >= 0.3 is 0 Å². The number of nitrogens with one attached hydrogen (secondary N) is 2. The number of halogens is 1. The van der Waals surface area contributed by atoms with Crippen LogP contribution in [0.3, 0.4) is 0 Å². The molecule has 1 heterocycles. The molecule has 2 N–H and O–H groups in total. The Morgan fingerprint density at radius 1 is 1.27 bits per heavy atom. The average molecular weight is 422 g/mol. The van der Waals surface area contributed by atoms with Crippen LogP contribution >= 0.6 is 24.0 Å². The largest absolute Gasteiger partial charge is 0.352 e. The number of aliphatic imine (C=N–C) groups is 1. The van der Waals surface area contributed by atoms with Gasteiger partial charge in [-0.15, -0.1) is 24.0 Å². The van der Waals surface area contributed by atoms with Crippen molar-refractivity contribution in [3.8, 4) is 0 Å². The molecule has 2 rings (SSSR count). The fourth-order valence-corrected chi connectivity index (χ4v) is 3.31. The number of carbonyl (C=O) groups excluding carboxylic acids is 1. The van der Waals surface area contributed by atoms with Gasteiger partial charge < -0.3 is 15.5 Å². The number of rotatable bonds is 3. The number of amides is 1. The predicted octanol–water partition coefficient (Wildman–Crippen LogP) is 2.36. The monoisotopic (exact) mass is 422 g/mol. The molecule has 1 saturated carbocycles. The Hall–Kier alpha value is -0.530. The fraction of sp³-hybridized carbons (Fsp3) is 0.875. The highest BCUT2D eigenvalue weighted by molar-refractivity contribution is 14.0. The molecule has 0 atom stereocenters. The second-order valence-electron chi connectivity index (χ2n) is 7.14. The standard InChI is InChI=1S/C16H30N4O.HI/c1-16(2)9-10-20(12-16)15(17-3)18-11-14(21)19-13-7-5-4-6-8-13;/h13H,4-12H2,1-3H3,(H,17,18)(H,19,21);1H. The van der Waals surface area contributed by atoms with Crippen molar-refractivity contribution in [2.75, 3.05) is 26.7 Å². The Labute approximate surface area is 151 Å². The number of nitrogens with zero attached hydrogens (tertiary/aromatic N) is 2. The minimum atomic E-state index is 0. The first-order chi connectivity index (χ1) is 10.00. The van der Waals surface area contributed by atoms with Crippen LogP contribution < -0.4 is 10.6 Å². The molecular weight excluding hydrogens is 391 g/mol. The van der Waals surface area contributed by atoms with Crippen LogP contribution in [0.2, 0.25) is 0 Å². The highest BCUT2D eigenvalue weighted by atomic mass is 127. The summed E-state index contributed by atoms with van der Waals surface area (Å²) in [6.45, 7) is 6.88. The van der Waals surface area contributed by atoms with Crippen molar-refractivity contribution in [3.05, 3.63) is 0 Å². The van der Waals surface area contributed by atoms with Crippen LogP contribution in [0.15, 0.2) is 4.99 Å². The molecule has 0 aromatic carbocycles. The Bertz CT molecular complexity index is 392. The molecule has 0 aromatic rings. The van der Waals surface area contributed by atoms with Crippen LogP contribution in [0.1, 0.15) is 52.4 Å². The first kappa shape index (κ1) is 19.5. The van der Waals surface area contributed by atoms with E-state index in [4.69, 9.17) is 0 Å². The second-order valence-corrected chi connectivity index (χ2v) is 7.14. The van der Waals surface area contributed by atoms with Crippen LogP contribution in [0, 0.1) is 5.41 Å². The molecule has 1 aliphatic heterocycles. The minimum absolute atomic E-state index is 0. The smallest absolute Gasteiger partial charge is 0.239 e. The van der Waals surface area contributed by atoms with Crippen LogP contribution in [0.4, 0.5) is 0 Å². The maximum atomic E-state index is 12.0. The third-order valence-electron chi connectivity index (χ3n) is 4.57. The van der Waals surface area contributed by atoms with Gasteiger partial charge in [0.1, 0.15) is 0 Å². The third-order valence-corrected chi connectivity index (χ3v) is 4.57. The van der Waals surface area contributed by atoms with Gasteiger partial charge in [-0.05, 0) is 24.7 Å². The molecule has 0 unspecified atom stereocenters. The van der Waals surface area contributed by atoms with Crippen molar-refractivity contribution < 1.29 is 4.79 Å². The van der Waals surface area contributed by atoms with E-state index in [2.05, 4.69) is 34.4 Å². The van der Waals surface area contributed by atoms with E-state index in [1.165, 1.54) is 25.7 Å². The molecule has 2 fully saturated rings. The van der Waals surface area contributed by atoms with Gasteiger partial charge in [-0.2, -0.15) is 0 Å².